The van der Waals surface area contributed by atoms with E-state index >= 15 is 0 Å². The van der Waals surface area contributed by atoms with Crippen molar-refractivity contribution >= 4 is 28.6 Å². The first kappa shape index (κ1) is 12.0. The van der Waals surface area contributed by atoms with E-state index in [1.807, 2.05) is 42.5 Å². The van der Waals surface area contributed by atoms with Crippen LogP contribution < -0.4 is 0 Å². The Labute approximate surface area is 105 Å². The van der Waals surface area contributed by atoms with Crippen molar-refractivity contribution in [3.63, 3.8) is 0 Å². The van der Waals surface area contributed by atoms with E-state index in [2.05, 4.69) is 6.58 Å². The molecule has 3 nitrogen and oxygen atoms in total. The van der Waals surface area contributed by atoms with Crippen LogP contribution in [0.3, 0.4) is 0 Å². The molecule has 0 atom stereocenters. The second-order valence-corrected chi connectivity index (χ2v) is 3.77. The number of carbonyl (C=O) groups excluding carboxylic acids is 2. The number of fused-ring (bicyclic) bond motifs is 1. The van der Waals surface area contributed by atoms with Gasteiger partial charge < -0.3 is 4.74 Å². The molecular formula is C15H12O3. The van der Waals surface area contributed by atoms with Gasteiger partial charge in [-0.3, -0.25) is 4.79 Å². The Morgan fingerprint density at radius 2 is 1.89 bits per heavy atom. The number of aldehydes is 1. The van der Waals surface area contributed by atoms with Crippen LogP contribution in [0.2, 0.25) is 0 Å². The third kappa shape index (κ3) is 2.30. The fourth-order valence-electron chi connectivity index (χ4n) is 1.80. The van der Waals surface area contributed by atoms with Gasteiger partial charge in [0.2, 0.25) is 0 Å². The van der Waals surface area contributed by atoms with Gasteiger partial charge in [0.15, 0.2) is 6.29 Å². The molecule has 0 aliphatic carbocycles. The summed E-state index contributed by atoms with van der Waals surface area (Å²) in [6, 6.07) is 13.3. The van der Waals surface area contributed by atoms with E-state index in [0.717, 1.165) is 16.3 Å². The number of esters is 1. The molecule has 0 aliphatic heterocycles. The molecule has 0 radical (unpaired) electrons. The molecule has 0 heterocycles. The molecule has 2 rings (SSSR count). The Hall–Kier alpha value is -2.42. The smallest absolute Gasteiger partial charge is 0.338 e. The van der Waals surface area contributed by atoms with Gasteiger partial charge in [-0.05, 0) is 16.3 Å². The van der Waals surface area contributed by atoms with Gasteiger partial charge in [-0.15, -0.1) is 0 Å². The molecule has 2 aromatic rings. The zero-order chi connectivity index (χ0) is 13.0. The number of rotatable bonds is 4. The van der Waals surface area contributed by atoms with Crippen LogP contribution >= 0.6 is 0 Å². The van der Waals surface area contributed by atoms with E-state index < -0.39 is 5.97 Å². The van der Waals surface area contributed by atoms with E-state index in [9.17, 15) is 9.59 Å². The van der Waals surface area contributed by atoms with Gasteiger partial charge in [0.05, 0.1) is 5.57 Å². The first-order valence-electron chi connectivity index (χ1n) is 5.52. The summed E-state index contributed by atoms with van der Waals surface area (Å²) < 4.78 is 4.75. The maximum Gasteiger partial charge on any atom is 0.338 e. The first-order valence-corrected chi connectivity index (χ1v) is 5.52. The summed E-state index contributed by atoms with van der Waals surface area (Å²) >= 11 is 0. The molecule has 3 heteroatoms. The van der Waals surface area contributed by atoms with Crippen molar-refractivity contribution in [2.24, 2.45) is 0 Å². The predicted molar refractivity (Wildman–Crippen MR) is 70.0 cm³/mol. The summed E-state index contributed by atoms with van der Waals surface area (Å²) in [6.45, 7) is 3.49. The summed E-state index contributed by atoms with van der Waals surface area (Å²) in [7, 11) is 0. The number of ether oxygens (including phenoxy) is 1. The third-order valence-corrected chi connectivity index (χ3v) is 2.64. The molecule has 0 aromatic heterocycles. The highest BCUT2D eigenvalue weighted by molar-refractivity contribution is 6.19. The van der Waals surface area contributed by atoms with Crippen molar-refractivity contribution in [2.75, 3.05) is 6.61 Å². The maximum absolute atomic E-state index is 11.7. The molecule has 0 fully saturated rings. The minimum absolute atomic E-state index is 0.247. The van der Waals surface area contributed by atoms with Gasteiger partial charge in [-0.1, -0.05) is 49.0 Å². The topological polar surface area (TPSA) is 43.4 Å². The quantitative estimate of drug-likeness (QED) is 0.468. The number of hydrogen-bond donors (Lipinski definition) is 0. The van der Waals surface area contributed by atoms with Crippen molar-refractivity contribution < 1.29 is 14.3 Å². The molecule has 0 spiro atoms. The summed E-state index contributed by atoms with van der Waals surface area (Å²) in [5, 5.41) is 1.97. The van der Waals surface area contributed by atoms with Crippen LogP contribution in [0.25, 0.3) is 16.3 Å². The monoisotopic (exact) mass is 240 g/mol. The molecule has 0 saturated carbocycles. The largest absolute Gasteiger partial charge is 0.454 e. The van der Waals surface area contributed by atoms with Crippen LogP contribution in [-0.4, -0.2) is 18.9 Å². The summed E-state index contributed by atoms with van der Waals surface area (Å²) in [5.41, 5.74) is 0.984. The fourth-order valence-corrected chi connectivity index (χ4v) is 1.80. The highest BCUT2D eigenvalue weighted by Gasteiger charge is 2.13. The Morgan fingerprint density at radius 3 is 2.67 bits per heavy atom. The minimum atomic E-state index is -0.571. The van der Waals surface area contributed by atoms with Crippen LogP contribution in [0.5, 0.6) is 0 Å². The van der Waals surface area contributed by atoms with E-state index in [1.165, 1.54) is 0 Å². The Morgan fingerprint density at radius 1 is 1.17 bits per heavy atom. The zero-order valence-electron chi connectivity index (χ0n) is 9.76. The fraction of sp³-hybridized carbons (Fsp3) is 0.0667. The van der Waals surface area contributed by atoms with Gasteiger partial charge in [-0.25, -0.2) is 4.79 Å². The zero-order valence-corrected chi connectivity index (χ0v) is 9.76. The lowest BCUT2D eigenvalue weighted by molar-refractivity contribution is -0.139. The molecule has 18 heavy (non-hydrogen) atoms. The van der Waals surface area contributed by atoms with Crippen molar-refractivity contribution in [1.29, 1.82) is 0 Å². The van der Waals surface area contributed by atoms with Gasteiger partial charge in [0.1, 0.15) is 6.61 Å². The molecule has 2 aromatic carbocycles. The van der Waals surface area contributed by atoms with Gasteiger partial charge in [0, 0.05) is 0 Å². The lowest BCUT2D eigenvalue weighted by atomic mass is 9.99. The van der Waals surface area contributed by atoms with Crippen LogP contribution in [0, 0.1) is 0 Å². The molecule has 0 saturated heterocycles. The Balaban J connectivity index is 2.39. The van der Waals surface area contributed by atoms with Crippen LogP contribution in [-0.2, 0) is 14.3 Å². The van der Waals surface area contributed by atoms with Crippen molar-refractivity contribution in [2.45, 2.75) is 0 Å². The van der Waals surface area contributed by atoms with Crippen LogP contribution in [0.15, 0.2) is 49.0 Å². The number of hydrogen-bond acceptors (Lipinski definition) is 3. The van der Waals surface area contributed by atoms with E-state index in [0.29, 0.717) is 6.29 Å². The molecule has 0 bridgehead atoms. The predicted octanol–water partition coefficient (Wildman–Crippen LogP) is 2.60. The van der Waals surface area contributed by atoms with Crippen LogP contribution in [0.1, 0.15) is 5.56 Å². The van der Waals surface area contributed by atoms with Gasteiger partial charge >= 0.3 is 5.97 Å². The van der Waals surface area contributed by atoms with E-state index in [4.69, 9.17) is 4.74 Å². The maximum atomic E-state index is 11.7. The highest BCUT2D eigenvalue weighted by Crippen LogP contribution is 2.24. The van der Waals surface area contributed by atoms with E-state index in [1.54, 1.807) is 0 Å². The van der Waals surface area contributed by atoms with Crippen molar-refractivity contribution in [3.05, 3.63) is 54.6 Å². The molecule has 0 unspecified atom stereocenters. The second-order valence-electron chi connectivity index (χ2n) is 3.77. The molecular weight excluding hydrogens is 228 g/mol. The average molecular weight is 240 g/mol. The van der Waals surface area contributed by atoms with Crippen LogP contribution in [0.4, 0.5) is 0 Å². The first-order chi connectivity index (χ1) is 8.74. The lowest BCUT2D eigenvalue weighted by Crippen LogP contribution is -2.08. The van der Waals surface area contributed by atoms with Crippen molar-refractivity contribution in [1.82, 2.24) is 0 Å². The third-order valence-electron chi connectivity index (χ3n) is 2.64. The molecule has 90 valence electrons. The number of carbonyl (C=O) groups is 2. The second kappa shape index (κ2) is 5.27. The summed E-state index contributed by atoms with van der Waals surface area (Å²) in [6.07, 6.45) is 0.536. The van der Waals surface area contributed by atoms with Gasteiger partial charge in [0.25, 0.3) is 0 Å². The summed E-state index contributed by atoms with van der Waals surface area (Å²) in [5.74, 6) is -0.571. The van der Waals surface area contributed by atoms with Gasteiger partial charge in [-0.2, -0.15) is 0 Å². The minimum Gasteiger partial charge on any atom is -0.454 e. The molecule has 0 N–H and O–H groups in total. The normalized spacial score (nSPS) is 10.0. The average Bonchev–Trinajstić information content (AvgIpc) is 2.43. The van der Waals surface area contributed by atoms with Crippen molar-refractivity contribution in [3.8, 4) is 0 Å². The SMILES string of the molecule is C=C(C(=O)OCC=O)c1cccc2ccccc12. The highest BCUT2D eigenvalue weighted by atomic mass is 16.5. The lowest BCUT2D eigenvalue weighted by Gasteiger charge is -2.08. The standard InChI is InChI=1S/C15H12O3/c1-11(15(17)18-10-9-16)13-8-4-6-12-5-2-3-7-14(12)13/h2-9H,1,10H2. The molecule has 0 amide bonds. The Bertz CT molecular complexity index is 609. The molecule has 0 aliphatic rings. The summed E-state index contributed by atoms with van der Waals surface area (Å²) in [4.78, 5) is 21.8. The van der Waals surface area contributed by atoms with E-state index in [-0.39, 0.29) is 12.2 Å². The Kier molecular flexibility index (Phi) is 3.53. The number of benzene rings is 2.